The molecule has 5 nitrogen and oxygen atoms in total. The van der Waals surface area contributed by atoms with Gasteiger partial charge in [0.25, 0.3) is 0 Å². The van der Waals surface area contributed by atoms with Crippen molar-refractivity contribution in [2.24, 2.45) is 0 Å². The summed E-state index contributed by atoms with van der Waals surface area (Å²) < 4.78 is 4.76. The molecule has 0 aliphatic carbocycles. The topological polar surface area (TPSA) is 76.5 Å². The Kier molecular flexibility index (Phi) is 3.99. The van der Waals surface area contributed by atoms with Crippen LogP contribution in [-0.2, 0) is 9.53 Å². The molecule has 0 fully saturated rings. The van der Waals surface area contributed by atoms with E-state index < -0.39 is 11.9 Å². The molecule has 0 atom stereocenters. The molecule has 0 saturated heterocycles. The molecule has 6 heteroatoms. The third-order valence-corrected chi connectivity index (χ3v) is 2.24. The first-order chi connectivity index (χ1) is 7.15. The van der Waals surface area contributed by atoms with Crippen LogP contribution in [0, 0.1) is 0 Å². The fraction of sp³-hybridized carbons (Fsp3) is 0.222. The molecule has 1 aromatic heterocycles. The maximum absolute atomic E-state index is 11.3. The summed E-state index contributed by atoms with van der Waals surface area (Å²) >= 11 is 1.18. The van der Waals surface area contributed by atoms with Gasteiger partial charge in [-0.15, -0.1) is 11.3 Å². The fourth-order valence-electron chi connectivity index (χ4n) is 0.873. The van der Waals surface area contributed by atoms with Crippen molar-refractivity contribution in [1.29, 1.82) is 0 Å². The molecule has 0 amide bonds. The van der Waals surface area contributed by atoms with Gasteiger partial charge in [0.1, 0.15) is 0 Å². The summed E-state index contributed by atoms with van der Waals surface area (Å²) in [5.74, 6) is -1.61. The van der Waals surface area contributed by atoms with E-state index in [1.165, 1.54) is 22.9 Å². The van der Waals surface area contributed by atoms with E-state index in [1.54, 1.807) is 6.92 Å². The Hall–Kier alpha value is -1.69. The van der Waals surface area contributed by atoms with Gasteiger partial charge in [-0.3, -0.25) is 0 Å². The van der Waals surface area contributed by atoms with Crippen molar-refractivity contribution >= 4 is 29.4 Å². The number of hydrogen-bond acceptors (Lipinski definition) is 5. The van der Waals surface area contributed by atoms with E-state index in [2.05, 4.69) is 4.98 Å². The number of aromatic nitrogens is 1. The number of aliphatic carboxylic acids is 1. The van der Waals surface area contributed by atoms with Gasteiger partial charge in [0.05, 0.1) is 17.0 Å². The van der Waals surface area contributed by atoms with Crippen LogP contribution < -0.4 is 0 Å². The maximum atomic E-state index is 11.3. The number of carboxylic acids is 1. The maximum Gasteiger partial charge on any atom is 0.358 e. The number of rotatable bonds is 4. The molecule has 0 aliphatic rings. The largest absolute Gasteiger partial charge is 0.478 e. The first-order valence-electron chi connectivity index (χ1n) is 4.16. The monoisotopic (exact) mass is 227 g/mol. The molecule has 1 heterocycles. The van der Waals surface area contributed by atoms with Gasteiger partial charge < -0.3 is 9.84 Å². The molecule has 80 valence electrons. The van der Waals surface area contributed by atoms with Gasteiger partial charge in [0.15, 0.2) is 5.69 Å². The molecule has 1 N–H and O–H groups in total. The smallest absolute Gasteiger partial charge is 0.358 e. The van der Waals surface area contributed by atoms with Crippen LogP contribution in [0.2, 0.25) is 0 Å². The lowest BCUT2D eigenvalue weighted by atomic mass is 10.3. The van der Waals surface area contributed by atoms with E-state index in [0.29, 0.717) is 4.88 Å². The summed E-state index contributed by atoms with van der Waals surface area (Å²) in [4.78, 5) is 25.9. The highest BCUT2D eigenvalue weighted by Crippen LogP contribution is 2.16. The van der Waals surface area contributed by atoms with Gasteiger partial charge in [0, 0.05) is 6.08 Å². The van der Waals surface area contributed by atoms with Crippen molar-refractivity contribution in [3.63, 3.8) is 0 Å². The van der Waals surface area contributed by atoms with Crippen molar-refractivity contribution in [2.45, 2.75) is 6.92 Å². The van der Waals surface area contributed by atoms with Crippen LogP contribution in [0.25, 0.3) is 6.08 Å². The Morgan fingerprint density at radius 2 is 2.40 bits per heavy atom. The molecule has 0 unspecified atom stereocenters. The zero-order valence-corrected chi connectivity index (χ0v) is 8.78. The lowest BCUT2D eigenvalue weighted by molar-refractivity contribution is -0.131. The molecule has 1 rings (SSSR count). The summed E-state index contributed by atoms with van der Waals surface area (Å²) in [5, 5.41) is 8.43. The number of thiazole rings is 1. The molecular formula is C9H9NO4S. The number of carbonyl (C=O) groups excluding carboxylic acids is 1. The van der Waals surface area contributed by atoms with Crippen LogP contribution in [-0.4, -0.2) is 28.6 Å². The van der Waals surface area contributed by atoms with E-state index in [0.717, 1.165) is 6.08 Å². The highest BCUT2D eigenvalue weighted by molar-refractivity contribution is 7.10. The Morgan fingerprint density at radius 3 is 3.00 bits per heavy atom. The molecule has 0 aliphatic heterocycles. The van der Waals surface area contributed by atoms with Gasteiger partial charge >= 0.3 is 11.9 Å². The molecular weight excluding hydrogens is 218 g/mol. The van der Waals surface area contributed by atoms with Gasteiger partial charge in [-0.25, -0.2) is 14.6 Å². The van der Waals surface area contributed by atoms with Crippen LogP contribution in [0.3, 0.4) is 0 Å². The SMILES string of the molecule is CCOC(=O)c1ncsc1C=CC(=O)O. The summed E-state index contributed by atoms with van der Waals surface area (Å²) in [6.07, 6.45) is 2.28. The molecule has 1 aromatic rings. The predicted molar refractivity (Wildman–Crippen MR) is 54.7 cm³/mol. The number of ether oxygens (including phenoxy) is 1. The Balaban J connectivity index is 2.86. The average Bonchev–Trinajstić information content (AvgIpc) is 2.62. The molecule has 0 bridgehead atoms. The molecule has 15 heavy (non-hydrogen) atoms. The summed E-state index contributed by atoms with van der Waals surface area (Å²) in [6, 6.07) is 0. The van der Waals surface area contributed by atoms with Crippen molar-refractivity contribution in [2.75, 3.05) is 6.61 Å². The first-order valence-corrected chi connectivity index (χ1v) is 5.04. The van der Waals surface area contributed by atoms with Crippen molar-refractivity contribution in [3.05, 3.63) is 22.2 Å². The zero-order chi connectivity index (χ0) is 11.3. The van der Waals surface area contributed by atoms with E-state index in [9.17, 15) is 9.59 Å². The lowest BCUT2D eigenvalue weighted by Gasteiger charge is -1.98. The van der Waals surface area contributed by atoms with Crippen LogP contribution in [0.5, 0.6) is 0 Å². The third kappa shape index (κ3) is 3.17. The predicted octanol–water partition coefficient (Wildman–Crippen LogP) is 1.42. The Labute approximate surface area is 90.0 Å². The minimum atomic E-state index is -1.07. The molecule has 0 radical (unpaired) electrons. The number of carbonyl (C=O) groups is 2. The number of hydrogen-bond donors (Lipinski definition) is 1. The second-order valence-electron chi connectivity index (χ2n) is 2.46. The second-order valence-corrected chi connectivity index (χ2v) is 3.34. The number of carboxylic acid groups (broad SMARTS) is 1. The fourth-order valence-corrected chi connectivity index (χ4v) is 1.54. The van der Waals surface area contributed by atoms with Crippen LogP contribution in [0.15, 0.2) is 11.6 Å². The molecule has 0 aromatic carbocycles. The summed E-state index contributed by atoms with van der Waals surface area (Å²) in [6.45, 7) is 1.95. The van der Waals surface area contributed by atoms with E-state index in [1.807, 2.05) is 0 Å². The highest BCUT2D eigenvalue weighted by Gasteiger charge is 2.13. The average molecular weight is 227 g/mol. The Morgan fingerprint density at radius 1 is 1.67 bits per heavy atom. The van der Waals surface area contributed by atoms with E-state index >= 15 is 0 Å². The minimum Gasteiger partial charge on any atom is -0.478 e. The van der Waals surface area contributed by atoms with Gasteiger partial charge in [-0.2, -0.15) is 0 Å². The van der Waals surface area contributed by atoms with Gasteiger partial charge in [0.2, 0.25) is 0 Å². The van der Waals surface area contributed by atoms with Crippen molar-refractivity contribution in [1.82, 2.24) is 4.98 Å². The van der Waals surface area contributed by atoms with Crippen LogP contribution in [0.4, 0.5) is 0 Å². The van der Waals surface area contributed by atoms with Crippen molar-refractivity contribution < 1.29 is 19.4 Å². The van der Waals surface area contributed by atoms with Gasteiger partial charge in [-0.1, -0.05) is 0 Å². The van der Waals surface area contributed by atoms with E-state index in [4.69, 9.17) is 9.84 Å². The van der Waals surface area contributed by atoms with Crippen LogP contribution >= 0.6 is 11.3 Å². The highest BCUT2D eigenvalue weighted by atomic mass is 32.1. The second kappa shape index (κ2) is 5.26. The Bertz CT molecular complexity index is 397. The number of nitrogens with zero attached hydrogens (tertiary/aromatic N) is 1. The third-order valence-electron chi connectivity index (χ3n) is 1.44. The summed E-state index contributed by atoms with van der Waals surface area (Å²) in [7, 11) is 0. The minimum absolute atomic E-state index is 0.152. The lowest BCUT2D eigenvalue weighted by Crippen LogP contribution is -2.06. The molecule has 0 spiro atoms. The zero-order valence-electron chi connectivity index (χ0n) is 7.97. The van der Waals surface area contributed by atoms with Crippen LogP contribution in [0.1, 0.15) is 22.3 Å². The van der Waals surface area contributed by atoms with E-state index in [-0.39, 0.29) is 12.3 Å². The number of esters is 1. The van der Waals surface area contributed by atoms with Gasteiger partial charge in [-0.05, 0) is 13.0 Å². The first kappa shape index (κ1) is 11.4. The normalized spacial score (nSPS) is 10.5. The standard InChI is InChI=1S/C9H9NO4S/c1-2-14-9(13)8-6(15-5-10-8)3-4-7(11)12/h3-5H,2H2,1H3,(H,11,12). The molecule has 0 saturated carbocycles. The van der Waals surface area contributed by atoms with Crippen molar-refractivity contribution in [3.8, 4) is 0 Å². The summed E-state index contributed by atoms with van der Waals surface area (Å²) in [5.41, 5.74) is 1.62. The quantitative estimate of drug-likeness (QED) is 0.621.